The third-order valence-corrected chi connectivity index (χ3v) is 3.72. The molecule has 0 spiro atoms. The Bertz CT molecular complexity index is 460. The molecule has 21 heavy (non-hydrogen) atoms. The van der Waals surface area contributed by atoms with Crippen LogP contribution in [0.25, 0.3) is 0 Å². The van der Waals surface area contributed by atoms with Crippen LogP contribution in [0.3, 0.4) is 0 Å². The minimum Gasteiger partial charge on any atom is -0.406 e. The average molecular weight is 302 g/mol. The Morgan fingerprint density at radius 3 is 2.71 bits per heavy atom. The average Bonchev–Trinajstić information content (AvgIpc) is 3.20. The molecule has 1 aromatic rings. The summed E-state index contributed by atoms with van der Waals surface area (Å²) in [5.41, 5.74) is 0.776. The highest BCUT2D eigenvalue weighted by molar-refractivity contribution is 5.28. The molecular formula is C15H21F3N2O. The minimum absolute atomic E-state index is 0.176. The molecule has 1 atom stereocenters. The van der Waals surface area contributed by atoms with Gasteiger partial charge in [0, 0.05) is 25.2 Å². The number of hydrogen-bond acceptors (Lipinski definition) is 3. The van der Waals surface area contributed by atoms with Gasteiger partial charge in [-0.3, -0.25) is 4.90 Å². The largest absolute Gasteiger partial charge is 0.573 e. The van der Waals surface area contributed by atoms with Gasteiger partial charge in [0.15, 0.2) is 0 Å². The molecule has 6 heteroatoms. The van der Waals surface area contributed by atoms with E-state index in [4.69, 9.17) is 0 Å². The monoisotopic (exact) mass is 302 g/mol. The second-order valence-electron chi connectivity index (χ2n) is 5.57. The molecule has 1 unspecified atom stereocenters. The maximum Gasteiger partial charge on any atom is 0.573 e. The molecule has 0 radical (unpaired) electrons. The van der Waals surface area contributed by atoms with E-state index in [-0.39, 0.29) is 5.75 Å². The van der Waals surface area contributed by atoms with Crippen molar-refractivity contribution in [3.63, 3.8) is 0 Å². The Kier molecular flexibility index (Phi) is 5.11. The summed E-state index contributed by atoms with van der Waals surface area (Å²) in [6.45, 7) is 3.48. The molecular weight excluding hydrogens is 281 g/mol. The number of benzene rings is 1. The summed E-state index contributed by atoms with van der Waals surface area (Å²) in [6.07, 6.45) is -2.12. The topological polar surface area (TPSA) is 24.5 Å². The molecule has 0 aromatic heterocycles. The van der Waals surface area contributed by atoms with Gasteiger partial charge in [0.2, 0.25) is 0 Å². The van der Waals surface area contributed by atoms with Crippen LogP contribution < -0.4 is 10.1 Å². The number of ether oxygens (including phenoxy) is 1. The number of likely N-dealkylation sites (N-methyl/N-ethyl adjacent to an activating group) is 1. The SMILES string of the molecule is CC(CNCc1cccc(OC(F)(F)F)c1)N(C)C1CC1. The van der Waals surface area contributed by atoms with Crippen LogP contribution in [-0.4, -0.2) is 36.9 Å². The number of nitrogens with one attached hydrogen (secondary N) is 1. The van der Waals surface area contributed by atoms with Crippen LogP contribution in [0.5, 0.6) is 5.75 Å². The maximum absolute atomic E-state index is 12.2. The van der Waals surface area contributed by atoms with Crippen molar-refractivity contribution < 1.29 is 17.9 Å². The molecule has 0 heterocycles. The first kappa shape index (κ1) is 16.1. The predicted octanol–water partition coefficient (Wildman–Crippen LogP) is 3.16. The van der Waals surface area contributed by atoms with E-state index in [2.05, 4.69) is 28.9 Å². The van der Waals surface area contributed by atoms with Gasteiger partial charge < -0.3 is 10.1 Å². The Morgan fingerprint density at radius 1 is 1.38 bits per heavy atom. The van der Waals surface area contributed by atoms with Crippen molar-refractivity contribution in [1.82, 2.24) is 10.2 Å². The second kappa shape index (κ2) is 6.66. The summed E-state index contributed by atoms with van der Waals surface area (Å²) in [7, 11) is 2.11. The molecule has 1 aliphatic rings. The van der Waals surface area contributed by atoms with E-state index in [1.165, 1.54) is 25.0 Å². The number of hydrogen-bond donors (Lipinski definition) is 1. The molecule has 0 amide bonds. The third kappa shape index (κ3) is 5.55. The lowest BCUT2D eigenvalue weighted by molar-refractivity contribution is -0.274. The van der Waals surface area contributed by atoms with Crippen molar-refractivity contribution in [1.29, 1.82) is 0 Å². The minimum atomic E-state index is -4.65. The van der Waals surface area contributed by atoms with Crippen LogP contribution in [0.2, 0.25) is 0 Å². The summed E-state index contributed by atoms with van der Waals surface area (Å²) in [5.74, 6) is -0.176. The van der Waals surface area contributed by atoms with E-state index in [0.717, 1.165) is 12.1 Å². The first-order valence-electron chi connectivity index (χ1n) is 7.12. The van der Waals surface area contributed by atoms with Gasteiger partial charge in [0.1, 0.15) is 5.75 Å². The zero-order valence-electron chi connectivity index (χ0n) is 12.3. The van der Waals surface area contributed by atoms with Crippen molar-refractivity contribution in [2.24, 2.45) is 0 Å². The summed E-state index contributed by atoms with van der Waals surface area (Å²) >= 11 is 0. The van der Waals surface area contributed by atoms with Crippen LogP contribution in [0.15, 0.2) is 24.3 Å². The van der Waals surface area contributed by atoms with E-state index in [1.807, 2.05) is 0 Å². The van der Waals surface area contributed by atoms with Gasteiger partial charge in [0.05, 0.1) is 0 Å². The molecule has 1 aliphatic carbocycles. The van der Waals surface area contributed by atoms with Gasteiger partial charge in [0.25, 0.3) is 0 Å². The summed E-state index contributed by atoms with van der Waals surface area (Å²) in [5, 5.41) is 3.28. The van der Waals surface area contributed by atoms with Crippen LogP contribution in [-0.2, 0) is 6.54 Å². The highest BCUT2D eigenvalue weighted by Crippen LogP contribution is 2.26. The fourth-order valence-corrected chi connectivity index (χ4v) is 2.26. The Labute approximate surface area is 123 Å². The van der Waals surface area contributed by atoms with Gasteiger partial charge in [-0.25, -0.2) is 0 Å². The lowest BCUT2D eigenvalue weighted by Gasteiger charge is -2.24. The lowest BCUT2D eigenvalue weighted by atomic mass is 10.2. The Hall–Kier alpha value is -1.27. The Morgan fingerprint density at radius 2 is 2.10 bits per heavy atom. The molecule has 1 N–H and O–H groups in total. The molecule has 118 valence electrons. The second-order valence-corrected chi connectivity index (χ2v) is 5.57. The summed E-state index contributed by atoms with van der Waals surface area (Å²) < 4.78 is 40.4. The Balaban J connectivity index is 1.78. The fourth-order valence-electron chi connectivity index (χ4n) is 2.26. The van der Waals surface area contributed by atoms with Crippen LogP contribution in [0.1, 0.15) is 25.3 Å². The zero-order valence-corrected chi connectivity index (χ0v) is 12.3. The lowest BCUT2D eigenvalue weighted by Crippen LogP contribution is -2.38. The maximum atomic E-state index is 12.2. The molecule has 0 bridgehead atoms. The van der Waals surface area contributed by atoms with Crippen LogP contribution >= 0.6 is 0 Å². The van der Waals surface area contributed by atoms with E-state index in [1.54, 1.807) is 12.1 Å². The van der Waals surface area contributed by atoms with E-state index >= 15 is 0 Å². The number of rotatable bonds is 7. The predicted molar refractivity (Wildman–Crippen MR) is 75.1 cm³/mol. The molecule has 1 fully saturated rings. The molecule has 0 aliphatic heterocycles. The van der Waals surface area contributed by atoms with Crippen molar-refractivity contribution in [3.05, 3.63) is 29.8 Å². The number of alkyl halides is 3. The van der Waals surface area contributed by atoms with Crippen molar-refractivity contribution in [2.45, 2.75) is 44.8 Å². The number of nitrogens with zero attached hydrogens (tertiary/aromatic N) is 1. The third-order valence-electron chi connectivity index (χ3n) is 3.72. The smallest absolute Gasteiger partial charge is 0.406 e. The first-order chi connectivity index (χ1) is 9.85. The molecule has 0 saturated heterocycles. The molecule has 3 nitrogen and oxygen atoms in total. The van der Waals surface area contributed by atoms with Gasteiger partial charge >= 0.3 is 6.36 Å². The first-order valence-corrected chi connectivity index (χ1v) is 7.12. The van der Waals surface area contributed by atoms with E-state index in [9.17, 15) is 13.2 Å². The standard InChI is InChI=1S/C15H21F3N2O/c1-11(20(2)13-6-7-13)9-19-10-12-4-3-5-14(8-12)21-15(16,17)18/h3-5,8,11,13,19H,6-7,9-10H2,1-2H3. The summed E-state index contributed by atoms with van der Waals surface area (Å²) in [4.78, 5) is 2.34. The molecule has 1 saturated carbocycles. The van der Waals surface area contributed by atoms with E-state index < -0.39 is 6.36 Å². The van der Waals surface area contributed by atoms with Crippen molar-refractivity contribution in [3.8, 4) is 5.75 Å². The summed E-state index contributed by atoms with van der Waals surface area (Å²) in [6, 6.07) is 7.18. The highest BCUT2D eigenvalue weighted by atomic mass is 19.4. The van der Waals surface area contributed by atoms with E-state index in [0.29, 0.717) is 18.6 Å². The van der Waals surface area contributed by atoms with Crippen LogP contribution in [0.4, 0.5) is 13.2 Å². The van der Waals surface area contributed by atoms with Crippen molar-refractivity contribution >= 4 is 0 Å². The van der Waals surface area contributed by atoms with Gasteiger partial charge in [-0.05, 0) is 44.5 Å². The van der Waals surface area contributed by atoms with Gasteiger partial charge in [-0.1, -0.05) is 12.1 Å². The zero-order chi connectivity index (χ0) is 15.5. The quantitative estimate of drug-likeness (QED) is 0.837. The van der Waals surface area contributed by atoms with Gasteiger partial charge in [-0.15, -0.1) is 13.2 Å². The normalized spacial score (nSPS) is 17.0. The van der Waals surface area contributed by atoms with Gasteiger partial charge in [-0.2, -0.15) is 0 Å². The number of halogens is 3. The molecule has 1 aromatic carbocycles. The fraction of sp³-hybridized carbons (Fsp3) is 0.600. The van der Waals surface area contributed by atoms with Crippen LogP contribution in [0, 0.1) is 0 Å². The highest BCUT2D eigenvalue weighted by Gasteiger charge is 2.31. The van der Waals surface area contributed by atoms with Crippen molar-refractivity contribution in [2.75, 3.05) is 13.6 Å². The molecule has 2 rings (SSSR count).